The molecule has 8 heteroatoms. The van der Waals surface area contributed by atoms with E-state index in [-0.39, 0.29) is 17.8 Å². The minimum absolute atomic E-state index is 0.0417. The molecule has 7 N–H and O–H groups in total. The first-order valence-corrected chi connectivity index (χ1v) is 2.71. The van der Waals surface area contributed by atoms with Gasteiger partial charge in [-0.25, -0.2) is 0 Å². The molecule has 1 aromatic rings. The molecule has 1 rings (SSSR count). The summed E-state index contributed by atoms with van der Waals surface area (Å²) in [4.78, 5) is 10.5. The maximum absolute atomic E-state index is 6.47. The van der Waals surface area contributed by atoms with Crippen LogP contribution in [0.3, 0.4) is 0 Å². The van der Waals surface area contributed by atoms with Crippen LogP contribution in [0.25, 0.3) is 0 Å². The number of aromatic nitrogens is 3. The van der Waals surface area contributed by atoms with Crippen LogP contribution in [-0.2, 0) is 0 Å². The Morgan fingerprint density at radius 2 is 1.00 bits per heavy atom. The topological polar surface area (TPSA) is 137 Å². The lowest BCUT2D eigenvalue weighted by molar-refractivity contribution is 0.632. The highest BCUT2D eigenvalue weighted by Gasteiger charge is 1.93. The third-order valence-electron chi connectivity index (χ3n) is 0.687. The summed E-state index contributed by atoms with van der Waals surface area (Å²) in [7, 11) is 0. The Kier molecular flexibility index (Phi) is 3.93. The Morgan fingerprint density at radius 3 is 1.18 bits per heavy atom. The molecular weight excluding hydrogens is 172 g/mol. The van der Waals surface area contributed by atoms with E-state index in [1.807, 2.05) is 0 Å². The standard InChI is InChI=1S/C3H6N6.ClHO/c4-1-7-2(5)9-3(6)8-1;1-2/h(H6,4,5,6,7,8,9);2H. The molecule has 0 fully saturated rings. The fourth-order valence-corrected chi connectivity index (χ4v) is 0.427. The Balaban J connectivity index is 0.000000461. The van der Waals surface area contributed by atoms with Crippen molar-refractivity contribution in [2.45, 2.75) is 0 Å². The highest BCUT2D eigenvalue weighted by atomic mass is 35.5. The van der Waals surface area contributed by atoms with E-state index >= 15 is 0 Å². The lowest BCUT2D eigenvalue weighted by Gasteiger charge is -1.93. The molecule has 1 aromatic heterocycles. The van der Waals surface area contributed by atoms with Crippen molar-refractivity contribution in [1.82, 2.24) is 15.0 Å². The van der Waals surface area contributed by atoms with Gasteiger partial charge in [0, 0.05) is 0 Å². The number of nitrogens with two attached hydrogens (primary N) is 3. The van der Waals surface area contributed by atoms with E-state index in [2.05, 4.69) is 26.8 Å². The van der Waals surface area contributed by atoms with Gasteiger partial charge < -0.3 is 17.2 Å². The second-order valence-electron chi connectivity index (χ2n) is 1.41. The average molecular weight is 179 g/mol. The molecule has 0 aliphatic rings. The van der Waals surface area contributed by atoms with Crippen LogP contribution in [-0.4, -0.2) is 19.6 Å². The zero-order chi connectivity index (χ0) is 8.85. The van der Waals surface area contributed by atoms with Crippen LogP contribution >= 0.6 is 11.9 Å². The molecule has 11 heavy (non-hydrogen) atoms. The lowest BCUT2D eigenvalue weighted by atomic mass is 10.9. The van der Waals surface area contributed by atoms with Crippen molar-refractivity contribution < 1.29 is 4.66 Å². The largest absolute Gasteiger partial charge is 0.368 e. The third-order valence-corrected chi connectivity index (χ3v) is 0.687. The van der Waals surface area contributed by atoms with Gasteiger partial charge in [-0.2, -0.15) is 15.0 Å². The van der Waals surface area contributed by atoms with Gasteiger partial charge in [-0.15, -0.1) is 0 Å². The summed E-state index contributed by atoms with van der Waals surface area (Å²) in [6, 6.07) is 0. The summed E-state index contributed by atoms with van der Waals surface area (Å²) < 4.78 is 6.47. The van der Waals surface area contributed by atoms with E-state index < -0.39 is 0 Å². The van der Waals surface area contributed by atoms with Gasteiger partial charge in [-0.3, -0.25) is 4.66 Å². The summed E-state index contributed by atoms with van der Waals surface area (Å²) in [5.41, 5.74) is 15.4. The van der Waals surface area contributed by atoms with Gasteiger partial charge in [0.1, 0.15) is 0 Å². The zero-order valence-electron chi connectivity index (χ0n) is 5.40. The molecule has 0 amide bonds. The Labute approximate surface area is 67.4 Å². The quantitative estimate of drug-likeness (QED) is 0.390. The number of hydrogen-bond acceptors (Lipinski definition) is 7. The predicted molar refractivity (Wildman–Crippen MR) is 41.1 cm³/mol. The fourth-order valence-electron chi connectivity index (χ4n) is 0.427. The van der Waals surface area contributed by atoms with Crippen molar-refractivity contribution in [2.75, 3.05) is 17.2 Å². The SMILES string of the molecule is Nc1nc(N)nc(N)n1.OCl. The van der Waals surface area contributed by atoms with Gasteiger partial charge in [0.25, 0.3) is 0 Å². The summed E-state index contributed by atoms with van der Waals surface area (Å²) in [5.74, 6) is 0.125. The van der Waals surface area contributed by atoms with Crippen molar-refractivity contribution in [3.8, 4) is 0 Å². The minimum atomic E-state index is 0.0417. The highest BCUT2D eigenvalue weighted by molar-refractivity contribution is 6.04. The fraction of sp³-hybridized carbons (Fsp3) is 0. The van der Waals surface area contributed by atoms with Crippen molar-refractivity contribution in [1.29, 1.82) is 0 Å². The first-order chi connectivity index (χ1) is 5.18. The molecule has 1 heterocycles. The second-order valence-corrected chi connectivity index (χ2v) is 1.41. The van der Waals surface area contributed by atoms with Gasteiger partial charge >= 0.3 is 0 Å². The summed E-state index contributed by atoms with van der Waals surface area (Å²) in [5, 5.41) is 0. The molecule has 0 aliphatic carbocycles. The van der Waals surface area contributed by atoms with Crippen molar-refractivity contribution in [3.63, 3.8) is 0 Å². The normalized spacial score (nSPS) is 8.18. The molecule has 0 atom stereocenters. The maximum Gasteiger partial charge on any atom is 0.226 e. The molecule has 0 bridgehead atoms. The number of nitrogens with zero attached hydrogens (tertiary/aromatic N) is 3. The van der Waals surface area contributed by atoms with Gasteiger partial charge in [0.15, 0.2) is 0 Å². The summed E-state index contributed by atoms with van der Waals surface area (Å²) in [6.07, 6.45) is 0. The van der Waals surface area contributed by atoms with E-state index in [0.29, 0.717) is 0 Å². The van der Waals surface area contributed by atoms with Crippen LogP contribution in [0.1, 0.15) is 0 Å². The first kappa shape index (κ1) is 9.66. The first-order valence-electron chi connectivity index (χ1n) is 2.38. The smallest absolute Gasteiger partial charge is 0.226 e. The van der Waals surface area contributed by atoms with Crippen LogP contribution in [0.2, 0.25) is 0 Å². The molecule has 7 nitrogen and oxygen atoms in total. The Hall–Kier alpha value is -1.34. The van der Waals surface area contributed by atoms with Crippen LogP contribution in [0.5, 0.6) is 0 Å². The van der Waals surface area contributed by atoms with Crippen LogP contribution < -0.4 is 17.2 Å². The van der Waals surface area contributed by atoms with Gasteiger partial charge in [0.05, 0.1) is 11.9 Å². The molecule has 0 aliphatic heterocycles. The molecule has 0 unspecified atom stereocenters. The van der Waals surface area contributed by atoms with Gasteiger partial charge in [0.2, 0.25) is 17.8 Å². The van der Waals surface area contributed by atoms with Crippen LogP contribution in [0, 0.1) is 0 Å². The lowest BCUT2D eigenvalue weighted by Crippen LogP contribution is -2.05. The van der Waals surface area contributed by atoms with Gasteiger partial charge in [-0.05, 0) is 0 Å². The molecule has 0 aromatic carbocycles. The van der Waals surface area contributed by atoms with E-state index in [1.54, 1.807) is 0 Å². The monoisotopic (exact) mass is 178 g/mol. The van der Waals surface area contributed by atoms with Crippen molar-refractivity contribution in [3.05, 3.63) is 0 Å². The third kappa shape index (κ3) is 3.38. The zero-order valence-corrected chi connectivity index (χ0v) is 6.15. The van der Waals surface area contributed by atoms with Crippen LogP contribution in [0.15, 0.2) is 0 Å². The predicted octanol–water partition coefficient (Wildman–Crippen LogP) is -1.25. The molecule has 0 spiro atoms. The van der Waals surface area contributed by atoms with Gasteiger partial charge in [-0.1, -0.05) is 0 Å². The molecule has 0 saturated heterocycles. The molecule has 62 valence electrons. The number of anilines is 3. The van der Waals surface area contributed by atoms with Crippen LogP contribution in [0.4, 0.5) is 17.8 Å². The minimum Gasteiger partial charge on any atom is -0.368 e. The number of nitrogen functional groups attached to an aromatic ring is 3. The number of halogens is 1. The molecular formula is C3H7ClN6O. The van der Waals surface area contributed by atoms with E-state index in [9.17, 15) is 0 Å². The number of hydrogen-bond donors (Lipinski definition) is 4. The van der Waals surface area contributed by atoms with Crippen molar-refractivity contribution in [2.24, 2.45) is 0 Å². The Morgan fingerprint density at radius 1 is 0.818 bits per heavy atom. The molecule has 0 saturated carbocycles. The highest BCUT2D eigenvalue weighted by Crippen LogP contribution is 1.97. The van der Waals surface area contributed by atoms with Crippen molar-refractivity contribution >= 4 is 29.7 Å². The second kappa shape index (κ2) is 4.47. The average Bonchev–Trinajstić information content (AvgIpc) is 1.88. The number of rotatable bonds is 0. The van der Waals surface area contributed by atoms with E-state index in [1.165, 1.54) is 0 Å². The maximum atomic E-state index is 6.47. The Bertz CT molecular complexity index is 179. The summed E-state index contributed by atoms with van der Waals surface area (Å²) in [6.45, 7) is 0. The molecule has 0 radical (unpaired) electrons. The van der Waals surface area contributed by atoms with E-state index in [4.69, 9.17) is 21.9 Å². The van der Waals surface area contributed by atoms with E-state index in [0.717, 1.165) is 0 Å². The summed E-state index contributed by atoms with van der Waals surface area (Å²) >= 11 is 3.64.